The smallest absolute Gasteiger partial charge is 0.347 e. The highest BCUT2D eigenvalue weighted by Crippen LogP contribution is 2.43. The topological polar surface area (TPSA) is 179 Å². The third-order valence-corrected chi connectivity index (χ3v) is 6.21. The fourth-order valence-corrected chi connectivity index (χ4v) is 4.52. The van der Waals surface area contributed by atoms with Crippen molar-refractivity contribution in [1.29, 1.82) is 0 Å². The summed E-state index contributed by atoms with van der Waals surface area (Å²) >= 11 is 0. The number of urea groups is 1. The van der Waals surface area contributed by atoms with Crippen LogP contribution in [0.3, 0.4) is 0 Å². The van der Waals surface area contributed by atoms with Gasteiger partial charge in [-0.3, -0.25) is 14.4 Å². The van der Waals surface area contributed by atoms with E-state index < -0.39 is 51.3 Å². The first-order chi connectivity index (χ1) is 17.8. The molecule has 1 aromatic carbocycles. The number of ether oxygens (including phenoxy) is 3. The zero-order valence-corrected chi connectivity index (χ0v) is 20.5. The van der Waals surface area contributed by atoms with Crippen LogP contribution in [-0.4, -0.2) is 73.1 Å². The van der Waals surface area contributed by atoms with E-state index in [1.54, 1.807) is 17.6 Å². The van der Waals surface area contributed by atoms with E-state index in [0.717, 1.165) is 5.56 Å². The van der Waals surface area contributed by atoms with Gasteiger partial charge in [-0.2, -0.15) is 0 Å². The molecule has 0 bridgehead atoms. The number of anilines is 1. The zero-order valence-electron chi connectivity index (χ0n) is 19.6. The van der Waals surface area contributed by atoms with E-state index in [1.165, 1.54) is 12.7 Å². The predicted molar refractivity (Wildman–Crippen MR) is 129 cm³/mol. The highest BCUT2D eigenvalue weighted by molar-refractivity contribution is 7.46. The molecule has 0 aliphatic carbocycles. The molecule has 2 amide bonds. The van der Waals surface area contributed by atoms with E-state index in [2.05, 4.69) is 25.6 Å². The van der Waals surface area contributed by atoms with Crippen LogP contribution in [0.15, 0.2) is 49.1 Å². The van der Waals surface area contributed by atoms with Gasteiger partial charge in [0.1, 0.15) is 24.6 Å². The van der Waals surface area contributed by atoms with E-state index in [-0.39, 0.29) is 5.82 Å². The molecule has 15 heteroatoms. The number of fused-ring (bicyclic) bond motifs is 2. The van der Waals surface area contributed by atoms with Gasteiger partial charge in [-0.15, -0.1) is 0 Å². The van der Waals surface area contributed by atoms with Gasteiger partial charge >= 0.3 is 13.9 Å². The van der Waals surface area contributed by atoms with Gasteiger partial charge in [0.05, 0.1) is 12.9 Å². The third kappa shape index (κ3) is 5.70. The largest absolute Gasteiger partial charge is 0.469 e. The standard InChI is InChI=1S/C22H25N6O8P/c1-2-23-22(29)27-19-16-20(25-11-24-19)28(12-26-16)21-18-17(14(34-21)10-33-37(30,31)32)35-15(36-18)9-8-13-6-4-3-5-7-13/h3-9,11-12,14-15,17-18,21H,2,10H2,1H3,(H2,30,31,32)(H2,23,24,25,27,29)/b9-8+/t14-,15+,17?,18+,21-/m1/s1. The van der Waals surface area contributed by atoms with E-state index in [1.807, 2.05) is 36.4 Å². The van der Waals surface area contributed by atoms with Crippen LogP contribution in [0.4, 0.5) is 10.6 Å². The average molecular weight is 532 g/mol. The number of carbonyl (C=O) groups is 1. The van der Waals surface area contributed by atoms with Crippen molar-refractivity contribution in [1.82, 2.24) is 24.8 Å². The minimum atomic E-state index is -4.74. The summed E-state index contributed by atoms with van der Waals surface area (Å²) in [6, 6.07) is 9.14. The number of imidazole rings is 1. The summed E-state index contributed by atoms with van der Waals surface area (Å²) in [5.74, 6) is 0.206. The van der Waals surface area contributed by atoms with Gasteiger partial charge < -0.3 is 29.3 Å². The Morgan fingerprint density at radius 2 is 1.95 bits per heavy atom. The number of benzene rings is 1. The number of nitrogens with zero attached hydrogens (tertiary/aromatic N) is 4. The molecule has 14 nitrogen and oxygen atoms in total. The van der Waals surface area contributed by atoms with Crippen molar-refractivity contribution in [2.75, 3.05) is 18.5 Å². The third-order valence-electron chi connectivity index (χ3n) is 5.72. The molecule has 2 saturated heterocycles. The lowest BCUT2D eigenvalue weighted by Crippen LogP contribution is -2.31. The molecule has 4 heterocycles. The van der Waals surface area contributed by atoms with Crippen LogP contribution in [-0.2, 0) is 23.3 Å². The summed E-state index contributed by atoms with van der Waals surface area (Å²) in [5.41, 5.74) is 1.63. The Labute approximate surface area is 210 Å². The maximum Gasteiger partial charge on any atom is 0.469 e. The van der Waals surface area contributed by atoms with Crippen molar-refractivity contribution >= 4 is 36.9 Å². The monoisotopic (exact) mass is 532 g/mol. The van der Waals surface area contributed by atoms with Gasteiger partial charge in [-0.1, -0.05) is 36.4 Å². The van der Waals surface area contributed by atoms with Crippen molar-refractivity contribution in [3.05, 3.63) is 54.6 Å². The number of hydrogen-bond donors (Lipinski definition) is 4. The summed E-state index contributed by atoms with van der Waals surface area (Å²) in [5, 5.41) is 5.25. The Morgan fingerprint density at radius 3 is 2.70 bits per heavy atom. The molecular weight excluding hydrogens is 507 g/mol. The Bertz CT molecular complexity index is 1330. The molecule has 5 atom stereocenters. The molecule has 37 heavy (non-hydrogen) atoms. The fourth-order valence-electron chi connectivity index (χ4n) is 4.17. The van der Waals surface area contributed by atoms with E-state index in [9.17, 15) is 19.1 Å². The Kier molecular flexibility index (Phi) is 7.31. The van der Waals surface area contributed by atoms with Crippen molar-refractivity contribution in [3.63, 3.8) is 0 Å². The SMILES string of the molecule is CCNC(=O)Nc1ncnc2c1ncn2[C@@H]1O[C@H](COP(=O)(O)O)C2O[C@H](/C=C/c3ccccc3)O[C@@H]21. The molecule has 2 aliphatic rings. The van der Waals surface area contributed by atoms with Crippen molar-refractivity contribution in [2.45, 2.75) is 37.8 Å². The molecule has 2 aliphatic heterocycles. The van der Waals surface area contributed by atoms with Gasteiger partial charge in [0.15, 0.2) is 29.5 Å². The minimum absolute atomic E-state index is 0.206. The maximum atomic E-state index is 12.0. The average Bonchev–Trinajstić information content (AvgIpc) is 3.56. The lowest BCUT2D eigenvalue weighted by Gasteiger charge is -2.20. The fraction of sp³-hybridized carbons (Fsp3) is 0.364. The quantitative estimate of drug-likeness (QED) is 0.311. The summed E-state index contributed by atoms with van der Waals surface area (Å²) in [4.78, 5) is 43.1. The Balaban J connectivity index is 1.41. The Hall–Kier alpha value is -3.23. The van der Waals surface area contributed by atoms with Crippen LogP contribution in [0.2, 0.25) is 0 Å². The maximum absolute atomic E-state index is 12.0. The molecule has 5 rings (SSSR count). The van der Waals surface area contributed by atoms with Gasteiger partial charge in [0, 0.05) is 6.54 Å². The van der Waals surface area contributed by atoms with Crippen LogP contribution in [0.25, 0.3) is 17.2 Å². The molecule has 3 aromatic rings. The van der Waals surface area contributed by atoms with Gasteiger partial charge in [0.25, 0.3) is 0 Å². The summed E-state index contributed by atoms with van der Waals surface area (Å²) in [7, 11) is -4.74. The lowest BCUT2D eigenvalue weighted by atomic mass is 10.1. The molecule has 0 spiro atoms. The molecule has 196 valence electrons. The highest BCUT2D eigenvalue weighted by Gasteiger charge is 2.53. The van der Waals surface area contributed by atoms with E-state index in [4.69, 9.17) is 18.7 Å². The number of hydrogen-bond acceptors (Lipinski definition) is 9. The molecule has 1 unspecified atom stereocenters. The molecule has 4 N–H and O–H groups in total. The predicted octanol–water partition coefficient (Wildman–Crippen LogP) is 1.80. The van der Waals surface area contributed by atoms with E-state index in [0.29, 0.717) is 17.7 Å². The molecule has 0 radical (unpaired) electrons. The van der Waals surface area contributed by atoms with Crippen LogP contribution in [0, 0.1) is 0 Å². The summed E-state index contributed by atoms with van der Waals surface area (Å²) in [6.45, 7) is 1.80. The summed E-state index contributed by atoms with van der Waals surface area (Å²) in [6.07, 6.45) is 2.55. The van der Waals surface area contributed by atoms with Crippen molar-refractivity contribution in [3.8, 4) is 0 Å². The second-order valence-corrected chi connectivity index (χ2v) is 9.46. The molecule has 0 saturated carbocycles. The number of rotatable bonds is 8. The molecule has 2 aromatic heterocycles. The first-order valence-electron chi connectivity index (χ1n) is 11.4. The lowest BCUT2D eigenvalue weighted by molar-refractivity contribution is -0.132. The number of nitrogens with one attached hydrogen (secondary N) is 2. The normalized spacial score (nSPS) is 25.5. The molecular formula is C22H25N6O8P. The number of aromatic nitrogens is 4. The second-order valence-electron chi connectivity index (χ2n) is 8.22. The van der Waals surface area contributed by atoms with E-state index >= 15 is 0 Å². The molecule has 2 fully saturated rings. The zero-order chi connectivity index (χ0) is 26.0. The number of carbonyl (C=O) groups excluding carboxylic acids is 1. The van der Waals surface area contributed by atoms with Crippen LogP contribution in [0.1, 0.15) is 18.7 Å². The second kappa shape index (κ2) is 10.6. The highest BCUT2D eigenvalue weighted by atomic mass is 31.2. The van der Waals surface area contributed by atoms with Crippen molar-refractivity contribution in [2.24, 2.45) is 0 Å². The van der Waals surface area contributed by atoms with Crippen LogP contribution >= 0.6 is 7.82 Å². The van der Waals surface area contributed by atoms with Gasteiger partial charge in [0.2, 0.25) is 0 Å². The number of amides is 2. The number of phosphoric ester groups is 1. The Morgan fingerprint density at radius 1 is 1.16 bits per heavy atom. The first-order valence-corrected chi connectivity index (χ1v) is 13.0. The first kappa shape index (κ1) is 25.4. The van der Waals surface area contributed by atoms with Crippen LogP contribution < -0.4 is 10.6 Å². The van der Waals surface area contributed by atoms with Crippen LogP contribution in [0.5, 0.6) is 0 Å². The van der Waals surface area contributed by atoms with Crippen molar-refractivity contribution < 1.29 is 37.9 Å². The minimum Gasteiger partial charge on any atom is -0.347 e. The van der Waals surface area contributed by atoms with Gasteiger partial charge in [-0.05, 0) is 18.6 Å². The summed E-state index contributed by atoms with van der Waals surface area (Å²) < 4.78 is 35.9. The number of phosphoric acid groups is 1. The van der Waals surface area contributed by atoms with Gasteiger partial charge in [-0.25, -0.2) is 24.3 Å².